The Morgan fingerprint density at radius 3 is 2.75 bits per heavy atom. The van der Waals surface area contributed by atoms with E-state index in [1.807, 2.05) is 24.3 Å². The maximum Gasteiger partial charge on any atom is 0.231 e. The Balaban J connectivity index is 1.65. The summed E-state index contributed by atoms with van der Waals surface area (Å²) in [5.74, 6) is 0.724. The number of aromatic hydroxyl groups is 1. The summed E-state index contributed by atoms with van der Waals surface area (Å²) < 4.78 is 5.51. The largest absolute Gasteiger partial charge is 0.508 e. The van der Waals surface area contributed by atoms with Crippen LogP contribution in [0.15, 0.2) is 48.5 Å². The van der Waals surface area contributed by atoms with Crippen LogP contribution in [0.2, 0.25) is 0 Å². The molecular weight excluding hydrogens is 254 g/mol. The molecule has 0 fully saturated rings. The minimum atomic E-state index is -0.247. The molecule has 0 radical (unpaired) electrons. The van der Waals surface area contributed by atoms with E-state index in [4.69, 9.17) is 4.74 Å². The Morgan fingerprint density at radius 1 is 1.20 bits per heavy atom. The van der Waals surface area contributed by atoms with Crippen LogP contribution in [0.3, 0.4) is 0 Å². The van der Waals surface area contributed by atoms with Crippen LogP contribution in [-0.4, -0.2) is 17.6 Å². The fraction of sp³-hybridized carbons (Fsp3) is 0.188. The van der Waals surface area contributed by atoms with E-state index in [1.54, 1.807) is 24.3 Å². The van der Waals surface area contributed by atoms with E-state index in [0.29, 0.717) is 13.2 Å². The predicted octanol–water partition coefficient (Wildman–Crippen LogP) is 2.18. The summed E-state index contributed by atoms with van der Waals surface area (Å²) >= 11 is 0. The molecule has 1 aliphatic rings. The van der Waals surface area contributed by atoms with Crippen molar-refractivity contribution in [1.29, 1.82) is 0 Å². The number of amides is 1. The normalized spacial score (nSPS) is 16.3. The Hall–Kier alpha value is -2.49. The summed E-state index contributed by atoms with van der Waals surface area (Å²) in [6, 6.07) is 14.4. The highest BCUT2D eigenvalue weighted by Gasteiger charge is 2.29. The second kappa shape index (κ2) is 5.25. The number of rotatable bonds is 3. The van der Waals surface area contributed by atoms with Gasteiger partial charge in [0, 0.05) is 12.1 Å². The first-order valence-electron chi connectivity index (χ1n) is 6.51. The molecule has 1 aliphatic heterocycles. The highest BCUT2D eigenvalue weighted by molar-refractivity contribution is 5.85. The summed E-state index contributed by atoms with van der Waals surface area (Å²) in [4.78, 5) is 12.2. The maximum atomic E-state index is 12.2. The van der Waals surface area contributed by atoms with E-state index in [0.717, 1.165) is 16.9 Å². The number of nitrogens with one attached hydrogen (secondary N) is 1. The van der Waals surface area contributed by atoms with Crippen LogP contribution in [-0.2, 0) is 11.3 Å². The Labute approximate surface area is 117 Å². The molecule has 0 saturated heterocycles. The van der Waals surface area contributed by atoms with Crippen LogP contribution in [0.4, 0.5) is 0 Å². The van der Waals surface area contributed by atoms with Crippen molar-refractivity contribution in [1.82, 2.24) is 5.32 Å². The van der Waals surface area contributed by atoms with Crippen molar-refractivity contribution in [2.24, 2.45) is 0 Å². The van der Waals surface area contributed by atoms with Gasteiger partial charge in [0.05, 0.1) is 0 Å². The first-order valence-corrected chi connectivity index (χ1v) is 6.51. The topological polar surface area (TPSA) is 58.6 Å². The molecule has 0 bridgehead atoms. The zero-order valence-electron chi connectivity index (χ0n) is 10.9. The average Bonchev–Trinajstić information content (AvgIpc) is 2.90. The number of hydrogen-bond donors (Lipinski definition) is 2. The molecule has 0 spiro atoms. The molecule has 0 aromatic heterocycles. The molecule has 4 nitrogen and oxygen atoms in total. The van der Waals surface area contributed by atoms with Crippen molar-refractivity contribution < 1.29 is 14.6 Å². The van der Waals surface area contributed by atoms with Gasteiger partial charge in [0.15, 0.2) is 0 Å². The second-order valence-corrected chi connectivity index (χ2v) is 4.79. The third kappa shape index (κ3) is 2.45. The number of fused-ring (bicyclic) bond motifs is 1. The lowest BCUT2D eigenvalue weighted by molar-refractivity contribution is -0.122. The van der Waals surface area contributed by atoms with Crippen LogP contribution in [0.5, 0.6) is 11.5 Å². The summed E-state index contributed by atoms with van der Waals surface area (Å²) in [6.07, 6.45) is 0. The van der Waals surface area contributed by atoms with E-state index in [9.17, 15) is 9.90 Å². The number of hydrogen-bond acceptors (Lipinski definition) is 3. The molecule has 3 rings (SSSR count). The van der Waals surface area contributed by atoms with Crippen LogP contribution < -0.4 is 10.1 Å². The van der Waals surface area contributed by atoms with Crippen molar-refractivity contribution in [2.45, 2.75) is 12.5 Å². The Kier molecular flexibility index (Phi) is 3.29. The van der Waals surface area contributed by atoms with E-state index in [2.05, 4.69) is 5.32 Å². The van der Waals surface area contributed by atoms with Gasteiger partial charge in [-0.25, -0.2) is 0 Å². The minimum absolute atomic E-state index is 0.0389. The first kappa shape index (κ1) is 12.5. The molecule has 1 amide bonds. The summed E-state index contributed by atoms with van der Waals surface area (Å²) in [7, 11) is 0. The van der Waals surface area contributed by atoms with E-state index in [1.165, 1.54) is 0 Å². The zero-order chi connectivity index (χ0) is 13.9. The van der Waals surface area contributed by atoms with Gasteiger partial charge in [-0.2, -0.15) is 0 Å². The second-order valence-electron chi connectivity index (χ2n) is 4.79. The Morgan fingerprint density at radius 2 is 1.95 bits per heavy atom. The van der Waals surface area contributed by atoms with Gasteiger partial charge in [0.2, 0.25) is 5.91 Å². The zero-order valence-corrected chi connectivity index (χ0v) is 10.9. The van der Waals surface area contributed by atoms with Gasteiger partial charge in [-0.05, 0) is 23.8 Å². The molecule has 102 valence electrons. The van der Waals surface area contributed by atoms with Crippen LogP contribution in [0, 0.1) is 0 Å². The number of benzene rings is 2. The van der Waals surface area contributed by atoms with Gasteiger partial charge in [-0.15, -0.1) is 0 Å². The number of phenolic OH excluding ortho intramolecular Hbond substituents is 1. The van der Waals surface area contributed by atoms with Gasteiger partial charge >= 0.3 is 0 Å². The van der Waals surface area contributed by atoms with E-state index in [-0.39, 0.29) is 17.6 Å². The highest BCUT2D eigenvalue weighted by atomic mass is 16.5. The van der Waals surface area contributed by atoms with Gasteiger partial charge in [0.25, 0.3) is 0 Å². The predicted molar refractivity (Wildman–Crippen MR) is 74.6 cm³/mol. The third-order valence-electron chi connectivity index (χ3n) is 3.42. The van der Waals surface area contributed by atoms with Crippen molar-refractivity contribution in [2.75, 3.05) is 6.61 Å². The lowest BCUT2D eigenvalue weighted by atomic mass is 10.0. The quantitative estimate of drug-likeness (QED) is 0.898. The number of phenols is 1. The number of carbonyl (C=O) groups is 1. The maximum absolute atomic E-state index is 12.2. The van der Waals surface area contributed by atoms with Crippen LogP contribution >= 0.6 is 0 Å². The van der Waals surface area contributed by atoms with Gasteiger partial charge in [0.1, 0.15) is 24.0 Å². The summed E-state index contributed by atoms with van der Waals surface area (Å²) in [5.41, 5.74) is 1.89. The fourth-order valence-electron chi connectivity index (χ4n) is 2.31. The van der Waals surface area contributed by atoms with Crippen molar-refractivity contribution in [3.63, 3.8) is 0 Å². The van der Waals surface area contributed by atoms with E-state index >= 15 is 0 Å². The lowest BCUT2D eigenvalue weighted by Crippen LogP contribution is -2.29. The monoisotopic (exact) mass is 269 g/mol. The highest BCUT2D eigenvalue weighted by Crippen LogP contribution is 2.33. The van der Waals surface area contributed by atoms with Crippen LogP contribution in [0.25, 0.3) is 0 Å². The molecule has 1 heterocycles. The SMILES string of the molecule is O=C(NCc1ccc(O)cc1)C1COc2ccccc21. The molecule has 1 unspecified atom stereocenters. The third-order valence-corrected chi connectivity index (χ3v) is 3.42. The molecule has 20 heavy (non-hydrogen) atoms. The number of ether oxygens (including phenoxy) is 1. The van der Waals surface area contributed by atoms with Gasteiger partial charge in [-0.1, -0.05) is 30.3 Å². The molecule has 0 aliphatic carbocycles. The minimum Gasteiger partial charge on any atom is -0.508 e. The molecule has 0 saturated carbocycles. The summed E-state index contributed by atoms with van der Waals surface area (Å²) in [6.45, 7) is 0.832. The van der Waals surface area contributed by atoms with Crippen molar-refractivity contribution in [3.8, 4) is 11.5 Å². The first-order chi connectivity index (χ1) is 9.74. The van der Waals surface area contributed by atoms with E-state index < -0.39 is 0 Å². The van der Waals surface area contributed by atoms with Crippen LogP contribution in [0.1, 0.15) is 17.0 Å². The molecule has 4 heteroatoms. The molecule has 2 N–H and O–H groups in total. The van der Waals surface area contributed by atoms with Gasteiger partial charge < -0.3 is 15.2 Å². The standard InChI is InChI=1S/C16H15NO3/c18-12-7-5-11(6-8-12)9-17-16(19)14-10-20-15-4-2-1-3-13(14)15/h1-8,14,18H,9-10H2,(H,17,19). The van der Waals surface area contributed by atoms with Crippen molar-refractivity contribution in [3.05, 3.63) is 59.7 Å². The molecule has 2 aromatic rings. The fourth-order valence-corrected chi connectivity index (χ4v) is 2.31. The Bertz CT molecular complexity index is 622. The average molecular weight is 269 g/mol. The number of carbonyl (C=O) groups excluding carboxylic acids is 1. The lowest BCUT2D eigenvalue weighted by Gasteiger charge is -2.10. The van der Waals surface area contributed by atoms with Crippen molar-refractivity contribution >= 4 is 5.91 Å². The van der Waals surface area contributed by atoms with Gasteiger partial charge in [-0.3, -0.25) is 4.79 Å². The molecular formula is C16H15NO3. The molecule has 1 atom stereocenters. The number of para-hydroxylation sites is 1. The smallest absolute Gasteiger partial charge is 0.231 e. The summed E-state index contributed by atoms with van der Waals surface area (Å²) in [5, 5.41) is 12.1. The molecule has 2 aromatic carbocycles.